The average Bonchev–Trinajstić information content (AvgIpc) is 2.78. The molecule has 2 atom stereocenters. The number of rotatable bonds is 9. The first-order valence-electron chi connectivity index (χ1n) is 10.5. The predicted octanol–water partition coefficient (Wildman–Crippen LogP) is 4.62. The van der Waals surface area contributed by atoms with Crippen LogP contribution in [0.3, 0.4) is 0 Å². The first-order chi connectivity index (χ1) is 14.2. The number of hydrogen-bond acceptors (Lipinski definition) is 5. The molecule has 2 aromatic rings. The van der Waals surface area contributed by atoms with Gasteiger partial charge in [-0.3, -0.25) is 9.69 Å². The van der Waals surface area contributed by atoms with Gasteiger partial charge in [0, 0.05) is 13.0 Å². The largest absolute Gasteiger partial charge is 0.497 e. The number of likely N-dealkylation sites (tertiary alicyclic amines) is 1. The van der Waals surface area contributed by atoms with Crippen molar-refractivity contribution in [1.82, 2.24) is 4.90 Å². The minimum atomic E-state index is -0.138. The Morgan fingerprint density at radius 1 is 1.07 bits per heavy atom. The fraction of sp³-hybridized carbons (Fsp3) is 0.458. The van der Waals surface area contributed by atoms with E-state index in [9.17, 15) is 4.79 Å². The number of carbonyl (C=O) groups excluding carboxylic acids is 1. The van der Waals surface area contributed by atoms with Gasteiger partial charge in [-0.15, -0.1) is 0 Å². The summed E-state index contributed by atoms with van der Waals surface area (Å²) in [6, 6.07) is 17.8. The molecule has 1 saturated heterocycles. The molecule has 0 spiro atoms. The standard InChI is InChI=1S/C24H31NO4/c1-3-28-24(26)22-11-7-8-17-25(22)18-16-23(19-9-5-4-6-10-19)29-21-14-12-20(27-2)13-15-21/h4-6,9-10,12-15,22-23H,3,7-8,11,16-18H2,1-2H3. The van der Waals surface area contributed by atoms with Gasteiger partial charge in [-0.1, -0.05) is 36.8 Å². The second kappa shape index (κ2) is 10.9. The maximum absolute atomic E-state index is 12.4. The molecule has 2 unspecified atom stereocenters. The van der Waals surface area contributed by atoms with Gasteiger partial charge in [0.25, 0.3) is 0 Å². The summed E-state index contributed by atoms with van der Waals surface area (Å²) in [6.07, 6.45) is 3.77. The van der Waals surface area contributed by atoms with E-state index in [1.54, 1.807) is 7.11 Å². The van der Waals surface area contributed by atoms with Gasteiger partial charge >= 0.3 is 5.97 Å². The van der Waals surface area contributed by atoms with Crippen molar-refractivity contribution in [2.75, 3.05) is 26.8 Å². The summed E-state index contributed by atoms with van der Waals surface area (Å²) in [5, 5.41) is 0. The van der Waals surface area contributed by atoms with Gasteiger partial charge in [0.15, 0.2) is 0 Å². The molecule has 1 aliphatic heterocycles. The molecular formula is C24H31NO4. The summed E-state index contributed by atoms with van der Waals surface area (Å²) in [5.74, 6) is 1.51. The highest BCUT2D eigenvalue weighted by Gasteiger charge is 2.30. The third kappa shape index (κ3) is 5.97. The Hall–Kier alpha value is -2.53. The molecule has 3 rings (SSSR count). The van der Waals surface area contributed by atoms with Crippen molar-refractivity contribution < 1.29 is 19.0 Å². The Kier molecular flexibility index (Phi) is 7.94. The number of benzene rings is 2. The minimum absolute atomic E-state index is 0.0885. The second-order valence-corrected chi connectivity index (χ2v) is 7.28. The summed E-state index contributed by atoms with van der Waals surface area (Å²) in [7, 11) is 1.65. The molecule has 0 saturated carbocycles. The zero-order valence-corrected chi connectivity index (χ0v) is 17.4. The maximum atomic E-state index is 12.4. The summed E-state index contributed by atoms with van der Waals surface area (Å²) in [4.78, 5) is 14.6. The first kappa shape index (κ1) is 21.2. The Morgan fingerprint density at radius 2 is 1.79 bits per heavy atom. The fourth-order valence-corrected chi connectivity index (χ4v) is 3.83. The van der Waals surface area contributed by atoms with Crippen molar-refractivity contribution in [3.8, 4) is 11.5 Å². The van der Waals surface area contributed by atoms with Crippen molar-refractivity contribution in [1.29, 1.82) is 0 Å². The van der Waals surface area contributed by atoms with E-state index in [-0.39, 0.29) is 18.1 Å². The second-order valence-electron chi connectivity index (χ2n) is 7.28. The fourth-order valence-electron chi connectivity index (χ4n) is 3.83. The van der Waals surface area contributed by atoms with Gasteiger partial charge in [-0.25, -0.2) is 0 Å². The van der Waals surface area contributed by atoms with Crippen LogP contribution >= 0.6 is 0 Å². The molecule has 0 amide bonds. The highest BCUT2D eigenvalue weighted by molar-refractivity contribution is 5.75. The summed E-state index contributed by atoms with van der Waals surface area (Å²) in [5.41, 5.74) is 1.13. The third-order valence-electron chi connectivity index (χ3n) is 5.36. The lowest BCUT2D eigenvalue weighted by atomic mass is 10.00. The van der Waals surface area contributed by atoms with Gasteiger partial charge in [0.1, 0.15) is 23.6 Å². The van der Waals surface area contributed by atoms with Gasteiger partial charge < -0.3 is 14.2 Å². The highest BCUT2D eigenvalue weighted by Crippen LogP contribution is 2.28. The molecule has 1 heterocycles. The number of piperidine rings is 1. The van der Waals surface area contributed by atoms with Crippen LogP contribution in [0.25, 0.3) is 0 Å². The summed E-state index contributed by atoms with van der Waals surface area (Å²) < 4.78 is 16.9. The molecule has 0 aromatic heterocycles. The molecular weight excluding hydrogens is 366 g/mol. The van der Waals surface area contributed by atoms with E-state index in [1.807, 2.05) is 49.4 Å². The molecule has 0 radical (unpaired) electrons. The first-order valence-corrected chi connectivity index (χ1v) is 10.5. The predicted molar refractivity (Wildman–Crippen MR) is 113 cm³/mol. The van der Waals surface area contributed by atoms with Crippen LogP contribution in [-0.4, -0.2) is 43.7 Å². The minimum Gasteiger partial charge on any atom is -0.497 e. The summed E-state index contributed by atoms with van der Waals surface area (Å²) in [6.45, 7) is 4.00. The van der Waals surface area contributed by atoms with Crippen LogP contribution in [0.5, 0.6) is 11.5 Å². The molecule has 1 fully saturated rings. The number of hydrogen-bond donors (Lipinski definition) is 0. The maximum Gasteiger partial charge on any atom is 0.323 e. The average molecular weight is 398 g/mol. The van der Waals surface area contributed by atoms with Gasteiger partial charge in [0.05, 0.1) is 13.7 Å². The van der Waals surface area contributed by atoms with Crippen LogP contribution in [0, 0.1) is 0 Å². The Bertz CT molecular complexity index is 747. The van der Waals surface area contributed by atoms with E-state index < -0.39 is 0 Å². The molecule has 156 valence electrons. The zero-order valence-electron chi connectivity index (χ0n) is 17.4. The van der Waals surface area contributed by atoms with Crippen molar-refractivity contribution in [3.05, 3.63) is 60.2 Å². The zero-order chi connectivity index (χ0) is 20.5. The van der Waals surface area contributed by atoms with Crippen molar-refractivity contribution in [2.24, 2.45) is 0 Å². The van der Waals surface area contributed by atoms with Crippen LogP contribution in [-0.2, 0) is 9.53 Å². The molecule has 29 heavy (non-hydrogen) atoms. The molecule has 5 heteroatoms. The van der Waals surface area contributed by atoms with Crippen LogP contribution < -0.4 is 9.47 Å². The SMILES string of the molecule is CCOC(=O)C1CCCCN1CCC(Oc1ccc(OC)cc1)c1ccccc1. The molecule has 1 aliphatic rings. The topological polar surface area (TPSA) is 48.0 Å². The molecule has 0 aliphatic carbocycles. The van der Waals surface area contributed by atoms with E-state index in [2.05, 4.69) is 17.0 Å². The molecule has 2 aromatic carbocycles. The van der Waals surface area contributed by atoms with E-state index in [4.69, 9.17) is 14.2 Å². The van der Waals surface area contributed by atoms with Crippen molar-refractivity contribution in [2.45, 2.75) is 44.8 Å². The Morgan fingerprint density at radius 3 is 2.48 bits per heavy atom. The Labute approximate surface area is 173 Å². The van der Waals surface area contributed by atoms with Crippen molar-refractivity contribution in [3.63, 3.8) is 0 Å². The number of esters is 1. The molecule has 5 nitrogen and oxygen atoms in total. The molecule has 0 bridgehead atoms. The number of ether oxygens (including phenoxy) is 3. The number of methoxy groups -OCH3 is 1. The van der Waals surface area contributed by atoms with Crippen LogP contribution in [0.1, 0.15) is 44.3 Å². The van der Waals surface area contributed by atoms with E-state index >= 15 is 0 Å². The quantitative estimate of drug-likeness (QED) is 0.578. The monoisotopic (exact) mass is 397 g/mol. The normalized spacial score (nSPS) is 18.1. The third-order valence-corrected chi connectivity index (χ3v) is 5.36. The van der Waals surface area contributed by atoms with Crippen LogP contribution in [0.2, 0.25) is 0 Å². The smallest absolute Gasteiger partial charge is 0.323 e. The lowest BCUT2D eigenvalue weighted by Gasteiger charge is -2.34. The highest BCUT2D eigenvalue weighted by atomic mass is 16.5. The lowest BCUT2D eigenvalue weighted by Crippen LogP contribution is -2.46. The van der Waals surface area contributed by atoms with E-state index in [0.29, 0.717) is 6.61 Å². The molecule has 0 N–H and O–H groups in total. The lowest BCUT2D eigenvalue weighted by molar-refractivity contribution is -0.151. The van der Waals surface area contributed by atoms with Gasteiger partial charge in [-0.2, -0.15) is 0 Å². The number of nitrogens with zero attached hydrogens (tertiary/aromatic N) is 1. The Balaban J connectivity index is 1.70. The van der Waals surface area contributed by atoms with Crippen LogP contribution in [0.15, 0.2) is 54.6 Å². The van der Waals surface area contributed by atoms with Crippen molar-refractivity contribution >= 4 is 5.97 Å². The number of carbonyl (C=O) groups is 1. The van der Waals surface area contributed by atoms with Gasteiger partial charge in [0.2, 0.25) is 0 Å². The van der Waals surface area contributed by atoms with E-state index in [1.165, 1.54) is 0 Å². The van der Waals surface area contributed by atoms with Gasteiger partial charge in [-0.05, 0) is 56.1 Å². The van der Waals surface area contributed by atoms with E-state index in [0.717, 1.165) is 55.8 Å². The van der Waals surface area contributed by atoms with Crippen LogP contribution in [0.4, 0.5) is 0 Å². The summed E-state index contributed by atoms with van der Waals surface area (Å²) >= 11 is 0.